The second-order valence-electron chi connectivity index (χ2n) is 6.72. The molecular weight excluding hydrogens is 372 g/mol. The van der Waals surface area contributed by atoms with Crippen LogP contribution in [-0.2, 0) is 6.18 Å². The van der Waals surface area contributed by atoms with Gasteiger partial charge in [-0.05, 0) is 60.9 Å². The number of allylic oxidation sites excluding steroid dienone is 1. The van der Waals surface area contributed by atoms with Gasteiger partial charge in [0, 0.05) is 5.70 Å². The smallest absolute Gasteiger partial charge is 0.324 e. The minimum absolute atomic E-state index is 0.0138. The molecule has 0 amide bonds. The molecule has 0 bridgehead atoms. The molecule has 0 unspecified atom stereocenters. The number of nitrogens with zero attached hydrogens (tertiary/aromatic N) is 3. The number of rotatable bonds is 2. The topological polar surface area (TPSA) is 42.7 Å². The molecule has 144 valence electrons. The van der Waals surface area contributed by atoms with Crippen molar-refractivity contribution in [1.29, 1.82) is 0 Å². The number of halogens is 4. The Bertz CT molecular complexity index is 1060. The Balaban J connectivity index is 1.88. The average Bonchev–Trinajstić information content (AvgIpc) is 3.08. The second kappa shape index (κ2) is 6.47. The maximum Gasteiger partial charge on any atom is 0.453 e. The minimum atomic E-state index is -4.66. The van der Waals surface area contributed by atoms with E-state index in [4.69, 9.17) is 0 Å². The maximum atomic E-state index is 13.3. The lowest BCUT2D eigenvalue weighted by atomic mass is 9.96. The molecule has 1 atom stereocenters. The van der Waals surface area contributed by atoms with E-state index in [1.807, 2.05) is 32.0 Å². The summed E-state index contributed by atoms with van der Waals surface area (Å²) < 4.78 is 54.1. The molecule has 0 radical (unpaired) electrons. The molecule has 0 spiro atoms. The van der Waals surface area contributed by atoms with Crippen LogP contribution in [0, 0.1) is 19.7 Å². The first-order chi connectivity index (χ1) is 13.2. The predicted molar refractivity (Wildman–Crippen MR) is 97.1 cm³/mol. The Morgan fingerprint density at radius 1 is 1.04 bits per heavy atom. The van der Waals surface area contributed by atoms with Gasteiger partial charge < -0.3 is 5.32 Å². The van der Waals surface area contributed by atoms with E-state index in [0.717, 1.165) is 16.7 Å². The monoisotopic (exact) mass is 388 g/mol. The Hall–Kier alpha value is -3.16. The van der Waals surface area contributed by atoms with Crippen LogP contribution in [0.4, 0.5) is 23.5 Å². The Morgan fingerprint density at radius 3 is 2.43 bits per heavy atom. The molecule has 1 aliphatic heterocycles. The van der Waals surface area contributed by atoms with E-state index in [2.05, 4.69) is 15.4 Å². The van der Waals surface area contributed by atoms with Crippen LogP contribution in [-0.4, -0.2) is 14.8 Å². The third-order valence-corrected chi connectivity index (χ3v) is 4.63. The molecule has 28 heavy (non-hydrogen) atoms. The van der Waals surface area contributed by atoms with Crippen LogP contribution < -0.4 is 5.32 Å². The van der Waals surface area contributed by atoms with Gasteiger partial charge >= 0.3 is 6.18 Å². The zero-order valence-electron chi connectivity index (χ0n) is 15.0. The van der Waals surface area contributed by atoms with Crippen molar-refractivity contribution in [3.63, 3.8) is 0 Å². The van der Waals surface area contributed by atoms with Crippen molar-refractivity contribution < 1.29 is 17.6 Å². The van der Waals surface area contributed by atoms with Gasteiger partial charge in [0.05, 0.1) is 0 Å². The summed E-state index contributed by atoms with van der Waals surface area (Å²) in [6.07, 6.45) is -2.88. The number of hydrogen-bond donors (Lipinski definition) is 1. The van der Waals surface area contributed by atoms with Crippen LogP contribution in [0.2, 0.25) is 0 Å². The molecule has 1 aromatic heterocycles. The highest BCUT2D eigenvalue weighted by Crippen LogP contribution is 2.36. The molecule has 4 nitrogen and oxygen atoms in total. The van der Waals surface area contributed by atoms with Gasteiger partial charge in [-0.3, -0.25) is 0 Å². The summed E-state index contributed by atoms with van der Waals surface area (Å²) in [7, 11) is 0. The summed E-state index contributed by atoms with van der Waals surface area (Å²) in [5.74, 6) is -1.62. The van der Waals surface area contributed by atoms with E-state index in [1.54, 1.807) is 18.2 Å². The zero-order valence-corrected chi connectivity index (χ0v) is 15.0. The van der Waals surface area contributed by atoms with Crippen LogP contribution in [0.3, 0.4) is 0 Å². The average molecular weight is 388 g/mol. The number of anilines is 1. The van der Waals surface area contributed by atoms with Gasteiger partial charge in [0.2, 0.25) is 5.95 Å². The lowest BCUT2D eigenvalue weighted by molar-refractivity contribution is -0.145. The quantitative estimate of drug-likeness (QED) is 0.621. The molecule has 4 rings (SSSR count). The standard InChI is InChI=1S/C20H16F4N4/c1-11-3-4-12(2)15(9-11)17-10-16(13-5-7-14(21)8-6-13)25-19-26-18(20(22,23)24)27-28(17)19/h3-10,17H,1-2H3,(H,25,26,27)/t17-/m1/s1. The Kier molecular flexibility index (Phi) is 4.21. The van der Waals surface area contributed by atoms with E-state index in [1.165, 1.54) is 16.8 Å². The fourth-order valence-electron chi connectivity index (χ4n) is 3.21. The van der Waals surface area contributed by atoms with E-state index in [9.17, 15) is 17.6 Å². The summed E-state index contributed by atoms with van der Waals surface area (Å²) in [5.41, 5.74) is 3.90. The molecular formula is C20H16F4N4. The van der Waals surface area contributed by atoms with Gasteiger partial charge in [-0.1, -0.05) is 23.8 Å². The molecule has 1 aliphatic rings. The lowest BCUT2D eigenvalue weighted by Gasteiger charge is -2.25. The minimum Gasteiger partial charge on any atom is -0.324 e. The number of hydrogen-bond acceptors (Lipinski definition) is 3. The fourth-order valence-corrected chi connectivity index (χ4v) is 3.21. The van der Waals surface area contributed by atoms with Crippen molar-refractivity contribution in [3.05, 3.63) is 82.4 Å². The summed E-state index contributed by atoms with van der Waals surface area (Å²) in [6.45, 7) is 3.81. The van der Waals surface area contributed by atoms with Crippen LogP contribution in [0.25, 0.3) is 5.70 Å². The van der Waals surface area contributed by atoms with Crippen molar-refractivity contribution in [1.82, 2.24) is 14.8 Å². The Labute approximate surface area is 158 Å². The predicted octanol–water partition coefficient (Wildman–Crippen LogP) is 5.11. The van der Waals surface area contributed by atoms with Gasteiger partial charge in [0.15, 0.2) is 0 Å². The zero-order chi connectivity index (χ0) is 20.1. The number of alkyl halides is 3. The van der Waals surface area contributed by atoms with Gasteiger partial charge in [0.25, 0.3) is 5.82 Å². The summed E-state index contributed by atoms with van der Waals surface area (Å²) in [4.78, 5) is 3.64. The van der Waals surface area contributed by atoms with E-state index < -0.39 is 23.9 Å². The molecule has 0 saturated carbocycles. The van der Waals surface area contributed by atoms with E-state index >= 15 is 0 Å². The third-order valence-electron chi connectivity index (χ3n) is 4.63. The van der Waals surface area contributed by atoms with Crippen molar-refractivity contribution in [3.8, 4) is 0 Å². The lowest BCUT2D eigenvalue weighted by Crippen LogP contribution is -2.21. The molecule has 0 saturated heterocycles. The largest absolute Gasteiger partial charge is 0.453 e. The van der Waals surface area contributed by atoms with Crippen LogP contribution in [0.15, 0.2) is 48.5 Å². The Morgan fingerprint density at radius 2 is 1.75 bits per heavy atom. The first kappa shape index (κ1) is 18.2. The highest BCUT2D eigenvalue weighted by Gasteiger charge is 2.39. The highest BCUT2D eigenvalue weighted by atomic mass is 19.4. The van der Waals surface area contributed by atoms with Gasteiger partial charge in [-0.25, -0.2) is 9.07 Å². The van der Waals surface area contributed by atoms with Gasteiger partial charge in [-0.15, -0.1) is 5.10 Å². The number of aryl methyl sites for hydroxylation is 2. The number of aromatic nitrogens is 3. The SMILES string of the molecule is Cc1ccc(C)c([C@H]2C=C(c3ccc(F)cc3)Nc3nc(C(F)(F)F)nn32)c1. The highest BCUT2D eigenvalue weighted by molar-refractivity contribution is 5.77. The van der Waals surface area contributed by atoms with Gasteiger partial charge in [-0.2, -0.15) is 18.2 Å². The van der Waals surface area contributed by atoms with Crippen LogP contribution in [0.5, 0.6) is 0 Å². The first-order valence-corrected chi connectivity index (χ1v) is 8.58. The maximum absolute atomic E-state index is 13.3. The molecule has 3 aromatic rings. The molecule has 0 fully saturated rings. The van der Waals surface area contributed by atoms with Gasteiger partial charge in [0.1, 0.15) is 11.9 Å². The normalized spacial score (nSPS) is 16.4. The molecule has 2 heterocycles. The third kappa shape index (κ3) is 3.26. The molecule has 0 aliphatic carbocycles. The van der Waals surface area contributed by atoms with Crippen LogP contribution in [0.1, 0.15) is 34.1 Å². The summed E-state index contributed by atoms with van der Waals surface area (Å²) in [6, 6.07) is 10.9. The molecule has 2 aromatic carbocycles. The molecule has 8 heteroatoms. The molecule has 1 N–H and O–H groups in total. The van der Waals surface area contributed by atoms with Crippen molar-refractivity contribution in [2.75, 3.05) is 5.32 Å². The fraction of sp³-hybridized carbons (Fsp3) is 0.200. The van der Waals surface area contributed by atoms with Crippen molar-refractivity contribution >= 4 is 11.6 Å². The van der Waals surface area contributed by atoms with E-state index in [-0.39, 0.29) is 5.95 Å². The summed E-state index contributed by atoms with van der Waals surface area (Å²) >= 11 is 0. The first-order valence-electron chi connectivity index (χ1n) is 8.58. The van der Waals surface area contributed by atoms with Crippen molar-refractivity contribution in [2.45, 2.75) is 26.1 Å². The number of nitrogens with one attached hydrogen (secondary N) is 1. The second-order valence-corrected chi connectivity index (χ2v) is 6.72. The number of benzene rings is 2. The summed E-state index contributed by atoms with van der Waals surface area (Å²) in [5, 5.41) is 6.59. The number of fused-ring (bicyclic) bond motifs is 1. The van der Waals surface area contributed by atoms with E-state index in [0.29, 0.717) is 11.3 Å². The van der Waals surface area contributed by atoms with Crippen LogP contribution >= 0.6 is 0 Å². The van der Waals surface area contributed by atoms with Crippen molar-refractivity contribution in [2.24, 2.45) is 0 Å².